The van der Waals surface area contributed by atoms with Gasteiger partial charge in [-0.05, 0) is 38.6 Å². The third-order valence-electron chi connectivity index (χ3n) is 3.02. The van der Waals surface area contributed by atoms with Crippen molar-refractivity contribution in [3.05, 3.63) is 28.8 Å². The Hall–Kier alpha value is -1.55. The Balaban J connectivity index is 3.04. The second-order valence-electron chi connectivity index (χ2n) is 5.05. The molecule has 0 aromatic heterocycles. The van der Waals surface area contributed by atoms with Gasteiger partial charge in [-0.15, -0.1) is 0 Å². The SMILES string of the molecule is Cc1ccc(CC(C)C(=O)O)c(O)c1CN(C)C. The lowest BCUT2D eigenvalue weighted by Crippen LogP contribution is -2.15. The standard InChI is InChI=1S/C14H21NO3/c1-9-5-6-11(7-10(2)14(17)18)13(16)12(9)8-15(3)4/h5-6,10,16H,7-8H2,1-4H3,(H,17,18). The first-order valence-electron chi connectivity index (χ1n) is 6.00. The molecule has 0 saturated heterocycles. The average Bonchev–Trinajstić information content (AvgIpc) is 2.27. The van der Waals surface area contributed by atoms with Crippen molar-refractivity contribution in [3.63, 3.8) is 0 Å². The minimum Gasteiger partial charge on any atom is -0.507 e. The Labute approximate surface area is 108 Å². The van der Waals surface area contributed by atoms with Crippen molar-refractivity contribution in [1.82, 2.24) is 4.90 Å². The lowest BCUT2D eigenvalue weighted by molar-refractivity contribution is -0.141. The molecular formula is C14H21NO3. The second-order valence-corrected chi connectivity index (χ2v) is 5.05. The van der Waals surface area contributed by atoms with E-state index >= 15 is 0 Å². The van der Waals surface area contributed by atoms with Crippen LogP contribution in [0.2, 0.25) is 0 Å². The van der Waals surface area contributed by atoms with Crippen LogP contribution in [0.15, 0.2) is 12.1 Å². The van der Waals surface area contributed by atoms with Crippen molar-refractivity contribution in [3.8, 4) is 5.75 Å². The van der Waals surface area contributed by atoms with Crippen molar-refractivity contribution in [2.75, 3.05) is 14.1 Å². The number of carbonyl (C=O) groups is 1. The van der Waals surface area contributed by atoms with Crippen molar-refractivity contribution >= 4 is 5.97 Å². The van der Waals surface area contributed by atoms with Crippen LogP contribution >= 0.6 is 0 Å². The number of aromatic hydroxyl groups is 1. The van der Waals surface area contributed by atoms with Gasteiger partial charge < -0.3 is 15.1 Å². The fourth-order valence-electron chi connectivity index (χ4n) is 1.88. The molecule has 1 unspecified atom stereocenters. The molecule has 0 radical (unpaired) electrons. The average molecular weight is 251 g/mol. The predicted octanol–water partition coefficient (Wildman–Crippen LogP) is 2.03. The summed E-state index contributed by atoms with van der Waals surface area (Å²) in [6, 6.07) is 3.74. The number of phenolic OH excluding ortho intramolecular Hbond substituents is 1. The van der Waals surface area contributed by atoms with Crippen LogP contribution in [-0.4, -0.2) is 35.2 Å². The Kier molecular flexibility index (Phi) is 4.73. The molecule has 0 spiro atoms. The summed E-state index contributed by atoms with van der Waals surface area (Å²) in [5.74, 6) is -1.10. The molecule has 0 aliphatic heterocycles. The molecule has 0 aliphatic carbocycles. The summed E-state index contributed by atoms with van der Waals surface area (Å²) in [4.78, 5) is 12.8. The first kappa shape index (κ1) is 14.5. The Morgan fingerprint density at radius 1 is 1.39 bits per heavy atom. The summed E-state index contributed by atoms with van der Waals surface area (Å²) in [5.41, 5.74) is 2.59. The van der Waals surface area contributed by atoms with Gasteiger partial charge in [-0.1, -0.05) is 19.1 Å². The maximum Gasteiger partial charge on any atom is 0.306 e. The van der Waals surface area contributed by atoms with Gasteiger partial charge in [0.05, 0.1) is 5.92 Å². The molecule has 100 valence electrons. The van der Waals surface area contributed by atoms with Crippen LogP contribution in [0.1, 0.15) is 23.6 Å². The first-order chi connectivity index (χ1) is 8.32. The van der Waals surface area contributed by atoms with Gasteiger partial charge in [-0.3, -0.25) is 4.79 Å². The van der Waals surface area contributed by atoms with Crippen LogP contribution in [0.3, 0.4) is 0 Å². The Morgan fingerprint density at radius 2 is 2.00 bits per heavy atom. The van der Waals surface area contributed by atoms with Crippen LogP contribution in [-0.2, 0) is 17.8 Å². The summed E-state index contributed by atoms with van der Waals surface area (Å²) in [7, 11) is 3.87. The number of carboxylic acids is 1. The highest BCUT2D eigenvalue weighted by atomic mass is 16.4. The monoisotopic (exact) mass is 251 g/mol. The van der Waals surface area contributed by atoms with Gasteiger partial charge >= 0.3 is 5.97 Å². The minimum atomic E-state index is -0.843. The zero-order chi connectivity index (χ0) is 13.9. The van der Waals surface area contributed by atoms with Gasteiger partial charge in [-0.25, -0.2) is 0 Å². The Bertz CT molecular complexity index is 441. The first-order valence-corrected chi connectivity index (χ1v) is 6.00. The molecule has 0 fully saturated rings. The number of rotatable bonds is 5. The smallest absolute Gasteiger partial charge is 0.306 e. The molecule has 0 amide bonds. The fraction of sp³-hybridized carbons (Fsp3) is 0.500. The molecule has 4 heteroatoms. The third-order valence-corrected chi connectivity index (χ3v) is 3.02. The van der Waals surface area contributed by atoms with Crippen molar-refractivity contribution in [2.45, 2.75) is 26.8 Å². The zero-order valence-electron chi connectivity index (χ0n) is 11.4. The Morgan fingerprint density at radius 3 is 2.50 bits per heavy atom. The summed E-state index contributed by atoms with van der Waals surface area (Å²) < 4.78 is 0. The summed E-state index contributed by atoms with van der Waals surface area (Å²) >= 11 is 0. The van der Waals surface area contributed by atoms with Crippen molar-refractivity contribution in [2.24, 2.45) is 5.92 Å². The summed E-state index contributed by atoms with van der Waals surface area (Å²) in [5, 5.41) is 19.1. The van der Waals surface area contributed by atoms with Crippen LogP contribution in [0.4, 0.5) is 0 Å². The van der Waals surface area contributed by atoms with E-state index in [9.17, 15) is 9.90 Å². The van der Waals surface area contributed by atoms with E-state index in [0.717, 1.165) is 11.1 Å². The fourth-order valence-corrected chi connectivity index (χ4v) is 1.88. The summed E-state index contributed by atoms with van der Waals surface area (Å²) in [6.07, 6.45) is 0.349. The van der Waals surface area contributed by atoms with E-state index < -0.39 is 11.9 Å². The third kappa shape index (κ3) is 3.47. The second kappa shape index (κ2) is 5.87. The van der Waals surface area contributed by atoms with E-state index in [1.54, 1.807) is 6.92 Å². The van der Waals surface area contributed by atoms with Crippen LogP contribution in [0.25, 0.3) is 0 Å². The number of carboxylic acid groups (broad SMARTS) is 1. The van der Waals surface area contributed by atoms with E-state index in [-0.39, 0.29) is 5.75 Å². The van der Waals surface area contributed by atoms with Crippen LogP contribution < -0.4 is 0 Å². The molecule has 0 heterocycles. The van der Waals surface area contributed by atoms with Gasteiger partial charge in [0.1, 0.15) is 5.75 Å². The van der Waals surface area contributed by atoms with Crippen LogP contribution in [0.5, 0.6) is 5.75 Å². The molecule has 4 nitrogen and oxygen atoms in total. The van der Waals surface area contributed by atoms with E-state index in [2.05, 4.69) is 0 Å². The largest absolute Gasteiger partial charge is 0.507 e. The highest BCUT2D eigenvalue weighted by molar-refractivity contribution is 5.70. The van der Waals surface area contributed by atoms with Gasteiger partial charge in [0.2, 0.25) is 0 Å². The lowest BCUT2D eigenvalue weighted by Gasteiger charge is -2.17. The quantitative estimate of drug-likeness (QED) is 0.840. The highest BCUT2D eigenvalue weighted by Crippen LogP contribution is 2.28. The number of aliphatic carboxylic acids is 1. The van der Waals surface area contributed by atoms with Gasteiger partial charge in [0.15, 0.2) is 0 Å². The van der Waals surface area contributed by atoms with Gasteiger partial charge in [0.25, 0.3) is 0 Å². The molecule has 1 atom stereocenters. The summed E-state index contributed by atoms with van der Waals surface area (Å²) in [6.45, 7) is 4.24. The van der Waals surface area contributed by atoms with E-state index in [4.69, 9.17) is 5.11 Å². The normalized spacial score (nSPS) is 12.7. The number of aryl methyl sites for hydroxylation is 1. The van der Waals surface area contributed by atoms with Crippen LogP contribution in [0, 0.1) is 12.8 Å². The topological polar surface area (TPSA) is 60.8 Å². The van der Waals surface area contributed by atoms with E-state index in [0.29, 0.717) is 18.5 Å². The zero-order valence-corrected chi connectivity index (χ0v) is 11.4. The van der Waals surface area contributed by atoms with Crippen molar-refractivity contribution < 1.29 is 15.0 Å². The highest BCUT2D eigenvalue weighted by Gasteiger charge is 2.17. The van der Waals surface area contributed by atoms with Gasteiger partial charge in [-0.2, -0.15) is 0 Å². The molecule has 18 heavy (non-hydrogen) atoms. The molecule has 1 rings (SSSR count). The molecule has 2 N–H and O–H groups in total. The molecule has 1 aromatic carbocycles. The molecule has 0 aliphatic rings. The van der Waals surface area contributed by atoms with E-state index in [1.807, 2.05) is 38.1 Å². The minimum absolute atomic E-state index is 0.233. The van der Waals surface area contributed by atoms with Gasteiger partial charge in [0, 0.05) is 12.1 Å². The number of hydrogen-bond acceptors (Lipinski definition) is 3. The number of hydrogen-bond donors (Lipinski definition) is 2. The maximum atomic E-state index is 10.9. The molecule has 0 bridgehead atoms. The molecular weight excluding hydrogens is 230 g/mol. The van der Waals surface area contributed by atoms with E-state index in [1.165, 1.54) is 0 Å². The number of phenols is 1. The van der Waals surface area contributed by atoms with Crippen molar-refractivity contribution in [1.29, 1.82) is 0 Å². The predicted molar refractivity (Wildman–Crippen MR) is 70.7 cm³/mol. The lowest BCUT2D eigenvalue weighted by atomic mass is 9.96. The molecule has 0 saturated carbocycles. The number of nitrogens with zero attached hydrogens (tertiary/aromatic N) is 1. The molecule has 1 aromatic rings. The maximum absolute atomic E-state index is 10.9. The number of benzene rings is 1.